The van der Waals surface area contributed by atoms with E-state index in [1.54, 1.807) is 19.9 Å². The molecule has 7 heteroatoms. The van der Waals surface area contributed by atoms with E-state index in [1.807, 2.05) is 0 Å². The minimum absolute atomic E-state index is 0.165. The molecule has 6 nitrogen and oxygen atoms in total. The zero-order valence-corrected chi connectivity index (χ0v) is 10.7. The summed E-state index contributed by atoms with van der Waals surface area (Å²) in [6.45, 7) is 3.58. The number of nitrogens with zero attached hydrogens (tertiary/aromatic N) is 3. The van der Waals surface area contributed by atoms with Gasteiger partial charge in [0, 0.05) is 17.5 Å². The summed E-state index contributed by atoms with van der Waals surface area (Å²) in [5.41, 5.74) is 0.291. The third kappa shape index (κ3) is 2.65. The molecule has 0 saturated heterocycles. The Morgan fingerprint density at radius 3 is 2.72 bits per heavy atom. The van der Waals surface area contributed by atoms with Crippen LogP contribution in [0.5, 0.6) is 0 Å². The fourth-order valence-corrected chi connectivity index (χ4v) is 1.80. The van der Waals surface area contributed by atoms with Crippen LogP contribution in [0.1, 0.15) is 17.1 Å². The Hall–Kier alpha value is -1.95. The number of aromatic nitrogens is 4. The maximum Gasteiger partial charge on any atom is 0.328 e. The van der Waals surface area contributed by atoms with Gasteiger partial charge >= 0.3 is 5.69 Å². The molecule has 0 aliphatic rings. The molecule has 94 valence electrons. The van der Waals surface area contributed by atoms with Gasteiger partial charge in [0.1, 0.15) is 11.0 Å². The molecule has 2 heterocycles. The van der Waals surface area contributed by atoms with Crippen LogP contribution in [0.25, 0.3) is 0 Å². The summed E-state index contributed by atoms with van der Waals surface area (Å²) in [5, 5.41) is 0.326. The van der Waals surface area contributed by atoms with Gasteiger partial charge in [-0.1, -0.05) is 11.6 Å². The predicted molar refractivity (Wildman–Crippen MR) is 66.9 cm³/mol. The molecule has 0 fully saturated rings. The van der Waals surface area contributed by atoms with E-state index in [2.05, 4.69) is 15.0 Å². The van der Waals surface area contributed by atoms with Gasteiger partial charge in [-0.15, -0.1) is 0 Å². The van der Waals surface area contributed by atoms with Crippen molar-refractivity contribution in [3.05, 3.63) is 55.3 Å². The van der Waals surface area contributed by atoms with Crippen LogP contribution >= 0.6 is 11.6 Å². The molecule has 0 aliphatic carbocycles. The number of halogens is 1. The fourth-order valence-electron chi connectivity index (χ4n) is 1.55. The van der Waals surface area contributed by atoms with Gasteiger partial charge in [-0.25, -0.2) is 14.8 Å². The lowest BCUT2D eigenvalue weighted by Gasteiger charge is -2.05. The summed E-state index contributed by atoms with van der Waals surface area (Å²) < 4.78 is 1.34. The highest BCUT2D eigenvalue weighted by molar-refractivity contribution is 6.29. The average molecular weight is 267 g/mol. The van der Waals surface area contributed by atoms with Gasteiger partial charge in [0.15, 0.2) is 0 Å². The third-order valence-corrected chi connectivity index (χ3v) is 2.56. The third-order valence-electron chi connectivity index (χ3n) is 2.37. The molecule has 0 saturated carbocycles. The van der Waals surface area contributed by atoms with Crippen molar-refractivity contribution in [2.75, 3.05) is 0 Å². The van der Waals surface area contributed by atoms with Crippen molar-refractivity contribution in [3.63, 3.8) is 0 Å². The quantitative estimate of drug-likeness (QED) is 0.809. The van der Waals surface area contributed by atoms with E-state index < -0.39 is 5.69 Å². The Morgan fingerprint density at radius 2 is 2.06 bits per heavy atom. The molecule has 0 amide bonds. The average Bonchev–Trinajstić information content (AvgIpc) is 2.24. The first-order valence-corrected chi connectivity index (χ1v) is 5.64. The Kier molecular flexibility index (Phi) is 3.29. The summed E-state index contributed by atoms with van der Waals surface area (Å²) in [7, 11) is 0. The summed E-state index contributed by atoms with van der Waals surface area (Å²) in [5.74, 6) is 0.425. The van der Waals surface area contributed by atoms with E-state index in [0.717, 1.165) is 5.69 Å². The molecule has 2 aromatic rings. The lowest BCUT2D eigenvalue weighted by atomic mass is 10.4. The maximum absolute atomic E-state index is 11.6. The van der Waals surface area contributed by atoms with Gasteiger partial charge in [0.25, 0.3) is 5.56 Å². The van der Waals surface area contributed by atoms with Crippen LogP contribution in [0.15, 0.2) is 21.9 Å². The molecular formula is C11H11ClN4O2. The Balaban J connectivity index is 2.43. The van der Waals surface area contributed by atoms with E-state index in [-0.39, 0.29) is 12.1 Å². The van der Waals surface area contributed by atoms with Crippen molar-refractivity contribution in [1.29, 1.82) is 0 Å². The van der Waals surface area contributed by atoms with Gasteiger partial charge in [-0.2, -0.15) is 0 Å². The molecule has 2 rings (SSSR count). The molecule has 0 atom stereocenters. The van der Waals surface area contributed by atoms with Crippen molar-refractivity contribution in [1.82, 2.24) is 19.5 Å². The first-order chi connectivity index (χ1) is 8.45. The minimum Gasteiger partial charge on any atom is -0.293 e. The number of aryl methyl sites for hydroxylation is 2. The molecule has 0 radical (unpaired) electrons. The summed E-state index contributed by atoms with van der Waals surface area (Å²) in [6, 6.07) is 1.63. The highest BCUT2D eigenvalue weighted by Crippen LogP contribution is 2.06. The second-order valence-electron chi connectivity index (χ2n) is 3.95. The fraction of sp³-hybridized carbons (Fsp3) is 0.273. The summed E-state index contributed by atoms with van der Waals surface area (Å²) in [4.78, 5) is 33.2. The molecule has 0 aromatic carbocycles. The van der Waals surface area contributed by atoms with E-state index >= 15 is 0 Å². The zero-order chi connectivity index (χ0) is 13.3. The van der Waals surface area contributed by atoms with Crippen molar-refractivity contribution >= 4 is 11.6 Å². The second-order valence-corrected chi connectivity index (χ2v) is 4.33. The number of nitrogens with one attached hydrogen (secondary N) is 1. The van der Waals surface area contributed by atoms with Crippen LogP contribution in [0, 0.1) is 13.8 Å². The van der Waals surface area contributed by atoms with E-state index in [4.69, 9.17) is 11.6 Å². The highest BCUT2D eigenvalue weighted by atomic mass is 35.5. The number of hydrogen-bond donors (Lipinski definition) is 1. The molecule has 0 aliphatic heterocycles. The lowest BCUT2D eigenvalue weighted by Crippen LogP contribution is -2.31. The van der Waals surface area contributed by atoms with Crippen LogP contribution in [0.2, 0.25) is 5.15 Å². The normalized spacial score (nSPS) is 10.6. The molecular weight excluding hydrogens is 256 g/mol. The van der Waals surface area contributed by atoms with Crippen molar-refractivity contribution in [2.45, 2.75) is 20.4 Å². The first-order valence-electron chi connectivity index (χ1n) is 5.26. The van der Waals surface area contributed by atoms with Crippen molar-refractivity contribution in [2.24, 2.45) is 0 Å². The zero-order valence-electron chi connectivity index (χ0n) is 9.90. The molecule has 18 heavy (non-hydrogen) atoms. The largest absolute Gasteiger partial charge is 0.328 e. The van der Waals surface area contributed by atoms with Gasteiger partial charge in [0.2, 0.25) is 0 Å². The van der Waals surface area contributed by atoms with E-state index in [9.17, 15) is 9.59 Å². The molecule has 2 aromatic heterocycles. The van der Waals surface area contributed by atoms with E-state index in [1.165, 1.54) is 10.8 Å². The molecule has 1 N–H and O–H groups in total. The van der Waals surface area contributed by atoms with Gasteiger partial charge < -0.3 is 0 Å². The van der Waals surface area contributed by atoms with Crippen molar-refractivity contribution in [3.8, 4) is 0 Å². The van der Waals surface area contributed by atoms with Crippen LogP contribution in [-0.4, -0.2) is 19.5 Å². The Labute approximate surface area is 107 Å². The second kappa shape index (κ2) is 4.73. The number of rotatable bonds is 2. The first kappa shape index (κ1) is 12.5. The topological polar surface area (TPSA) is 80.6 Å². The van der Waals surface area contributed by atoms with Gasteiger partial charge in [0.05, 0.1) is 6.54 Å². The predicted octanol–water partition coefficient (Wildman–Crippen LogP) is 0.645. The standard InChI is InChI=1S/C11H11ClN4O2/c1-6-4-16(11(18)15-10(6)17)5-9-13-7(2)3-8(12)14-9/h3-4H,5H2,1-2H3,(H,15,17,18). The van der Waals surface area contributed by atoms with Crippen molar-refractivity contribution < 1.29 is 0 Å². The molecule has 0 unspecified atom stereocenters. The lowest BCUT2D eigenvalue weighted by molar-refractivity contribution is 0.677. The number of hydrogen-bond acceptors (Lipinski definition) is 4. The number of aromatic amines is 1. The Bertz CT molecular complexity index is 685. The maximum atomic E-state index is 11.6. The van der Waals surface area contributed by atoms with Crippen LogP contribution in [0.4, 0.5) is 0 Å². The summed E-state index contributed by atoms with van der Waals surface area (Å²) >= 11 is 5.82. The van der Waals surface area contributed by atoms with Gasteiger partial charge in [-0.3, -0.25) is 14.3 Å². The number of H-pyrrole nitrogens is 1. The molecule has 0 spiro atoms. The van der Waals surface area contributed by atoms with Crippen LogP contribution in [-0.2, 0) is 6.54 Å². The monoisotopic (exact) mass is 266 g/mol. The SMILES string of the molecule is Cc1cc(Cl)nc(Cn2cc(C)c(=O)[nH]c2=O)n1. The van der Waals surface area contributed by atoms with E-state index in [0.29, 0.717) is 16.5 Å². The van der Waals surface area contributed by atoms with Crippen LogP contribution < -0.4 is 11.2 Å². The minimum atomic E-state index is -0.494. The van der Waals surface area contributed by atoms with Crippen LogP contribution in [0.3, 0.4) is 0 Å². The summed E-state index contributed by atoms with van der Waals surface area (Å²) in [6.07, 6.45) is 1.47. The molecule has 0 bridgehead atoms. The smallest absolute Gasteiger partial charge is 0.293 e. The Morgan fingerprint density at radius 1 is 1.33 bits per heavy atom. The highest BCUT2D eigenvalue weighted by Gasteiger charge is 2.05. The van der Waals surface area contributed by atoms with Gasteiger partial charge in [-0.05, 0) is 19.9 Å².